The molecule has 74 valence electrons. The molecule has 2 rings (SSSR count). The topological polar surface area (TPSA) is 0 Å². The number of rotatable bonds is 2. The van der Waals surface area contributed by atoms with Crippen LogP contribution < -0.4 is 0 Å². The summed E-state index contributed by atoms with van der Waals surface area (Å²) in [4.78, 5) is 1.11. The van der Waals surface area contributed by atoms with E-state index in [0.29, 0.717) is 5.88 Å². The van der Waals surface area contributed by atoms with Crippen molar-refractivity contribution in [1.29, 1.82) is 0 Å². The molecule has 0 atom stereocenters. The number of thiophene rings is 1. The molecule has 1 aromatic carbocycles. The van der Waals surface area contributed by atoms with Crippen LogP contribution in [0.4, 0.5) is 0 Å². The second-order valence-corrected chi connectivity index (χ2v) is 5.25. The van der Waals surface area contributed by atoms with Crippen molar-refractivity contribution in [2.45, 2.75) is 10.8 Å². The fourth-order valence-corrected chi connectivity index (χ4v) is 4.03. The quantitative estimate of drug-likeness (QED) is 0.541. The molecule has 14 heavy (non-hydrogen) atoms. The maximum atomic E-state index is 6.17. The number of fused-ring (bicyclic) bond motifs is 1. The number of thioether (sulfide) groups is 1. The summed E-state index contributed by atoms with van der Waals surface area (Å²) in [6, 6.07) is 4.08. The van der Waals surface area contributed by atoms with Gasteiger partial charge in [0.25, 0.3) is 0 Å². The van der Waals surface area contributed by atoms with E-state index in [1.807, 2.05) is 12.3 Å². The minimum atomic E-state index is 0.522. The predicted molar refractivity (Wildman–Crippen MR) is 68.2 cm³/mol. The highest BCUT2D eigenvalue weighted by Crippen LogP contribution is 2.38. The number of alkyl halides is 1. The lowest BCUT2D eigenvalue weighted by molar-refractivity contribution is 1.31. The van der Waals surface area contributed by atoms with E-state index < -0.39 is 0 Å². The summed E-state index contributed by atoms with van der Waals surface area (Å²) >= 11 is 15.5. The largest absolute Gasteiger partial charge is 0.143 e. The van der Waals surface area contributed by atoms with Gasteiger partial charge in [-0.3, -0.25) is 0 Å². The summed E-state index contributed by atoms with van der Waals surface area (Å²) in [5.41, 5.74) is 1.16. The maximum Gasteiger partial charge on any atom is 0.0551 e. The van der Waals surface area contributed by atoms with Crippen molar-refractivity contribution < 1.29 is 0 Å². The zero-order chi connectivity index (χ0) is 10.1. The van der Waals surface area contributed by atoms with E-state index in [-0.39, 0.29) is 0 Å². The Kier molecular flexibility index (Phi) is 3.27. The van der Waals surface area contributed by atoms with Crippen molar-refractivity contribution in [2.75, 3.05) is 6.26 Å². The average Bonchev–Trinajstić information content (AvgIpc) is 2.62. The zero-order valence-corrected chi connectivity index (χ0v) is 10.7. The SMILES string of the molecule is CSc1c(Cl)cc2ccsc2c1CCl. The third-order valence-corrected chi connectivity index (χ3v) is 4.62. The van der Waals surface area contributed by atoms with E-state index in [9.17, 15) is 0 Å². The molecular weight excluding hydrogens is 255 g/mol. The van der Waals surface area contributed by atoms with E-state index in [0.717, 1.165) is 15.5 Å². The molecule has 0 aliphatic heterocycles. The van der Waals surface area contributed by atoms with Crippen molar-refractivity contribution >= 4 is 56.4 Å². The molecule has 0 saturated carbocycles. The summed E-state index contributed by atoms with van der Waals surface area (Å²) in [7, 11) is 0. The molecule has 0 aliphatic carbocycles. The van der Waals surface area contributed by atoms with Gasteiger partial charge in [0.05, 0.1) is 5.02 Å². The molecule has 0 nitrogen and oxygen atoms in total. The predicted octanol–water partition coefficient (Wildman–Crippen LogP) is 5.02. The Morgan fingerprint density at radius 2 is 2.29 bits per heavy atom. The van der Waals surface area contributed by atoms with Crippen molar-refractivity contribution in [1.82, 2.24) is 0 Å². The molecule has 0 amide bonds. The zero-order valence-electron chi connectivity index (χ0n) is 7.51. The molecule has 2 aromatic rings. The molecule has 0 fully saturated rings. The summed E-state index contributed by atoms with van der Waals surface area (Å²) < 4.78 is 1.26. The van der Waals surface area contributed by atoms with Crippen LogP contribution in [0.1, 0.15) is 5.56 Å². The number of hydrogen-bond acceptors (Lipinski definition) is 2. The number of hydrogen-bond donors (Lipinski definition) is 0. The van der Waals surface area contributed by atoms with E-state index in [1.165, 1.54) is 10.1 Å². The molecular formula is C10H8Cl2S2. The third kappa shape index (κ3) is 1.65. The Morgan fingerprint density at radius 3 is 2.93 bits per heavy atom. The monoisotopic (exact) mass is 262 g/mol. The molecule has 0 radical (unpaired) electrons. The van der Waals surface area contributed by atoms with Gasteiger partial charge in [-0.05, 0) is 34.7 Å². The lowest BCUT2D eigenvalue weighted by Gasteiger charge is -2.07. The Morgan fingerprint density at radius 1 is 1.50 bits per heavy atom. The lowest BCUT2D eigenvalue weighted by Crippen LogP contribution is -1.85. The van der Waals surface area contributed by atoms with Crippen molar-refractivity contribution in [3.8, 4) is 0 Å². The Labute approximate surface area is 101 Å². The highest BCUT2D eigenvalue weighted by Gasteiger charge is 2.11. The first kappa shape index (κ1) is 10.6. The molecule has 0 aliphatic rings. The average molecular weight is 263 g/mol. The van der Waals surface area contributed by atoms with Crippen LogP contribution in [0.25, 0.3) is 10.1 Å². The third-order valence-electron chi connectivity index (χ3n) is 2.08. The molecule has 4 heteroatoms. The van der Waals surface area contributed by atoms with Gasteiger partial charge in [0.2, 0.25) is 0 Å². The normalized spacial score (nSPS) is 11.1. The van der Waals surface area contributed by atoms with E-state index >= 15 is 0 Å². The van der Waals surface area contributed by atoms with Crippen LogP contribution in [-0.4, -0.2) is 6.26 Å². The van der Waals surface area contributed by atoms with Crippen molar-refractivity contribution in [2.24, 2.45) is 0 Å². The fraction of sp³-hybridized carbons (Fsp3) is 0.200. The number of halogens is 2. The van der Waals surface area contributed by atoms with Crippen LogP contribution in [0.3, 0.4) is 0 Å². The lowest BCUT2D eigenvalue weighted by atomic mass is 10.2. The van der Waals surface area contributed by atoms with Crippen LogP contribution in [-0.2, 0) is 5.88 Å². The van der Waals surface area contributed by atoms with Crippen LogP contribution in [0.5, 0.6) is 0 Å². The number of benzene rings is 1. The van der Waals surface area contributed by atoms with Gasteiger partial charge in [0, 0.05) is 15.5 Å². The summed E-state index contributed by atoms with van der Waals surface area (Å²) in [5.74, 6) is 0.522. The Hall–Kier alpha value is 0.110. The van der Waals surface area contributed by atoms with E-state index in [4.69, 9.17) is 23.2 Å². The van der Waals surface area contributed by atoms with Gasteiger partial charge >= 0.3 is 0 Å². The minimum absolute atomic E-state index is 0.522. The molecule has 1 aromatic heterocycles. The second kappa shape index (κ2) is 4.31. The van der Waals surface area contributed by atoms with Crippen LogP contribution in [0.15, 0.2) is 22.4 Å². The molecule has 0 unspecified atom stereocenters. The van der Waals surface area contributed by atoms with Gasteiger partial charge in [-0.15, -0.1) is 34.7 Å². The van der Waals surface area contributed by atoms with Gasteiger partial charge in [0.1, 0.15) is 0 Å². The molecule has 0 saturated heterocycles. The first-order valence-electron chi connectivity index (χ1n) is 4.06. The summed E-state index contributed by atoms with van der Waals surface area (Å²) in [6.45, 7) is 0. The summed E-state index contributed by atoms with van der Waals surface area (Å²) in [6.07, 6.45) is 2.02. The highest BCUT2D eigenvalue weighted by atomic mass is 35.5. The van der Waals surface area contributed by atoms with Crippen LogP contribution in [0.2, 0.25) is 5.02 Å². The van der Waals surface area contributed by atoms with Crippen molar-refractivity contribution in [3.05, 3.63) is 28.1 Å². The van der Waals surface area contributed by atoms with Gasteiger partial charge < -0.3 is 0 Å². The molecule has 1 heterocycles. The fourth-order valence-electron chi connectivity index (χ4n) is 1.47. The van der Waals surface area contributed by atoms with Gasteiger partial charge in [0.15, 0.2) is 0 Å². The molecule has 0 bridgehead atoms. The van der Waals surface area contributed by atoms with E-state index in [1.54, 1.807) is 23.1 Å². The molecule has 0 spiro atoms. The highest BCUT2D eigenvalue weighted by molar-refractivity contribution is 7.98. The van der Waals surface area contributed by atoms with Gasteiger partial charge in [-0.1, -0.05) is 11.6 Å². The Balaban J connectivity index is 2.82. The van der Waals surface area contributed by atoms with Crippen LogP contribution in [0, 0.1) is 0 Å². The van der Waals surface area contributed by atoms with Crippen molar-refractivity contribution in [3.63, 3.8) is 0 Å². The second-order valence-electron chi connectivity index (χ2n) is 2.84. The minimum Gasteiger partial charge on any atom is -0.143 e. The smallest absolute Gasteiger partial charge is 0.0551 e. The van der Waals surface area contributed by atoms with Gasteiger partial charge in [-0.2, -0.15) is 0 Å². The maximum absolute atomic E-state index is 6.17. The standard InChI is InChI=1S/C10H8Cl2S2/c1-13-10-7(5-11)9-6(2-3-14-9)4-8(10)12/h2-4H,5H2,1H3. The first-order valence-corrected chi connectivity index (χ1v) is 7.08. The van der Waals surface area contributed by atoms with E-state index in [2.05, 4.69) is 11.4 Å². The molecule has 0 N–H and O–H groups in total. The van der Waals surface area contributed by atoms with Crippen LogP contribution >= 0.6 is 46.3 Å². The summed E-state index contributed by atoms with van der Waals surface area (Å²) in [5, 5.41) is 4.06. The Bertz CT molecular complexity index is 462. The first-order chi connectivity index (χ1) is 6.77. The van der Waals surface area contributed by atoms with Gasteiger partial charge in [-0.25, -0.2) is 0 Å².